The van der Waals surface area contributed by atoms with Crippen LogP contribution in [0.4, 0.5) is 0 Å². The first-order chi connectivity index (χ1) is 6.43. The average molecular weight is 199 g/mol. The summed E-state index contributed by atoms with van der Waals surface area (Å²) in [6, 6.07) is 0. The molecular weight excluding hydrogens is 174 g/mol. The van der Waals surface area contributed by atoms with Crippen LogP contribution in [0.5, 0.6) is 0 Å². The normalized spacial score (nSPS) is 37.1. The van der Waals surface area contributed by atoms with Crippen LogP contribution in [0.15, 0.2) is 0 Å². The summed E-state index contributed by atoms with van der Waals surface area (Å²) in [4.78, 5) is 0. The molecular formula is C12H25NO. The van der Waals surface area contributed by atoms with E-state index in [1.165, 1.54) is 19.3 Å². The highest BCUT2D eigenvalue weighted by atomic mass is 16.5. The summed E-state index contributed by atoms with van der Waals surface area (Å²) in [6.07, 6.45) is 3.68. The van der Waals surface area contributed by atoms with E-state index in [2.05, 4.69) is 26.1 Å². The fraction of sp³-hybridized carbons (Fsp3) is 1.00. The van der Waals surface area contributed by atoms with Crippen molar-refractivity contribution in [2.24, 2.45) is 11.3 Å². The molecule has 0 aliphatic heterocycles. The second-order valence-corrected chi connectivity index (χ2v) is 5.77. The molecule has 1 saturated carbocycles. The van der Waals surface area contributed by atoms with Gasteiger partial charge < -0.3 is 10.1 Å². The highest BCUT2D eigenvalue weighted by Crippen LogP contribution is 2.45. The van der Waals surface area contributed by atoms with Gasteiger partial charge in [0.2, 0.25) is 0 Å². The second kappa shape index (κ2) is 4.19. The van der Waals surface area contributed by atoms with Crippen molar-refractivity contribution in [1.29, 1.82) is 0 Å². The molecule has 0 aromatic carbocycles. The third kappa shape index (κ3) is 2.71. The number of methoxy groups -OCH3 is 1. The molecule has 84 valence electrons. The highest BCUT2D eigenvalue weighted by Gasteiger charge is 2.42. The lowest BCUT2D eigenvalue weighted by molar-refractivity contribution is -0.0852. The zero-order chi connectivity index (χ0) is 10.8. The van der Waals surface area contributed by atoms with Crippen LogP contribution in [0, 0.1) is 11.3 Å². The van der Waals surface area contributed by atoms with Gasteiger partial charge in [0.1, 0.15) is 0 Å². The van der Waals surface area contributed by atoms with Crippen LogP contribution >= 0.6 is 0 Å². The van der Waals surface area contributed by atoms with Crippen LogP contribution in [0.2, 0.25) is 0 Å². The fourth-order valence-electron chi connectivity index (χ4n) is 3.35. The molecule has 0 bridgehead atoms. The molecule has 0 aromatic rings. The second-order valence-electron chi connectivity index (χ2n) is 5.77. The lowest BCUT2D eigenvalue weighted by Gasteiger charge is -2.46. The largest absolute Gasteiger partial charge is 0.377 e. The third-order valence-corrected chi connectivity index (χ3v) is 3.35. The quantitative estimate of drug-likeness (QED) is 0.754. The van der Waals surface area contributed by atoms with Crippen molar-refractivity contribution < 1.29 is 4.74 Å². The number of hydrogen-bond donors (Lipinski definition) is 1. The summed E-state index contributed by atoms with van der Waals surface area (Å²) in [7, 11) is 3.86. The Bertz CT molecular complexity index is 191. The standard InChI is InChI=1S/C12H25NO/c1-10-6-11(2,3)8-12(7-10,14-5)9-13-4/h10,13H,6-9H2,1-5H3. The molecule has 0 radical (unpaired) electrons. The van der Waals surface area contributed by atoms with E-state index in [0.717, 1.165) is 12.5 Å². The Labute approximate surface area is 88.4 Å². The van der Waals surface area contributed by atoms with Gasteiger partial charge in [0, 0.05) is 13.7 Å². The molecule has 0 heterocycles. The van der Waals surface area contributed by atoms with E-state index in [4.69, 9.17) is 4.74 Å². The van der Waals surface area contributed by atoms with Crippen LogP contribution in [0.1, 0.15) is 40.0 Å². The minimum atomic E-state index is 0.0654. The highest BCUT2D eigenvalue weighted by molar-refractivity contribution is 4.95. The maximum Gasteiger partial charge on any atom is 0.0810 e. The molecule has 1 fully saturated rings. The summed E-state index contributed by atoms with van der Waals surface area (Å²) in [5.74, 6) is 0.770. The molecule has 2 atom stereocenters. The van der Waals surface area contributed by atoms with Crippen molar-refractivity contribution in [2.75, 3.05) is 20.7 Å². The van der Waals surface area contributed by atoms with Crippen molar-refractivity contribution in [3.63, 3.8) is 0 Å². The van der Waals surface area contributed by atoms with Crippen molar-refractivity contribution in [3.8, 4) is 0 Å². The van der Waals surface area contributed by atoms with Gasteiger partial charge in [0.25, 0.3) is 0 Å². The SMILES string of the molecule is CNCC1(OC)CC(C)CC(C)(C)C1. The Morgan fingerprint density at radius 3 is 2.43 bits per heavy atom. The molecule has 0 spiro atoms. The predicted molar refractivity (Wildman–Crippen MR) is 60.5 cm³/mol. The Kier molecular flexibility index (Phi) is 3.59. The van der Waals surface area contributed by atoms with Crippen LogP contribution in [0.3, 0.4) is 0 Å². The van der Waals surface area contributed by atoms with E-state index in [1.54, 1.807) is 0 Å². The molecule has 0 amide bonds. The summed E-state index contributed by atoms with van der Waals surface area (Å²) in [6.45, 7) is 8.01. The molecule has 2 nitrogen and oxygen atoms in total. The van der Waals surface area contributed by atoms with E-state index < -0.39 is 0 Å². The molecule has 1 rings (SSSR count). The van der Waals surface area contributed by atoms with E-state index in [9.17, 15) is 0 Å². The third-order valence-electron chi connectivity index (χ3n) is 3.35. The first-order valence-electron chi connectivity index (χ1n) is 5.63. The fourth-order valence-corrected chi connectivity index (χ4v) is 3.35. The molecule has 1 N–H and O–H groups in total. The lowest BCUT2D eigenvalue weighted by atomic mass is 9.65. The van der Waals surface area contributed by atoms with E-state index in [0.29, 0.717) is 5.41 Å². The van der Waals surface area contributed by atoms with Crippen molar-refractivity contribution >= 4 is 0 Å². The van der Waals surface area contributed by atoms with E-state index in [-0.39, 0.29) is 5.60 Å². The van der Waals surface area contributed by atoms with Crippen LogP contribution < -0.4 is 5.32 Å². The van der Waals surface area contributed by atoms with Crippen LogP contribution in [-0.4, -0.2) is 26.3 Å². The van der Waals surface area contributed by atoms with Crippen LogP contribution in [0.25, 0.3) is 0 Å². The van der Waals surface area contributed by atoms with Gasteiger partial charge in [0.05, 0.1) is 5.60 Å². The minimum Gasteiger partial charge on any atom is -0.377 e. The van der Waals surface area contributed by atoms with Gasteiger partial charge >= 0.3 is 0 Å². The molecule has 1 aliphatic rings. The van der Waals surface area contributed by atoms with Crippen molar-refractivity contribution in [1.82, 2.24) is 5.32 Å². The zero-order valence-electron chi connectivity index (χ0n) is 10.3. The van der Waals surface area contributed by atoms with Gasteiger partial charge in [-0.05, 0) is 37.6 Å². The molecule has 2 heteroatoms. The molecule has 0 aromatic heterocycles. The Morgan fingerprint density at radius 1 is 1.36 bits per heavy atom. The van der Waals surface area contributed by atoms with Crippen molar-refractivity contribution in [3.05, 3.63) is 0 Å². The predicted octanol–water partition coefficient (Wildman–Crippen LogP) is 2.44. The first-order valence-corrected chi connectivity index (χ1v) is 5.63. The Hall–Kier alpha value is -0.0800. The van der Waals surface area contributed by atoms with Gasteiger partial charge in [-0.2, -0.15) is 0 Å². The maximum atomic E-state index is 5.76. The molecule has 0 saturated heterocycles. The van der Waals surface area contributed by atoms with Crippen LogP contribution in [-0.2, 0) is 4.74 Å². The Morgan fingerprint density at radius 2 is 2.00 bits per heavy atom. The monoisotopic (exact) mass is 199 g/mol. The topological polar surface area (TPSA) is 21.3 Å². The minimum absolute atomic E-state index is 0.0654. The number of likely N-dealkylation sites (N-methyl/N-ethyl adjacent to an activating group) is 1. The van der Waals surface area contributed by atoms with Gasteiger partial charge in [0.15, 0.2) is 0 Å². The van der Waals surface area contributed by atoms with Gasteiger partial charge in [-0.3, -0.25) is 0 Å². The van der Waals surface area contributed by atoms with Gasteiger partial charge in [-0.25, -0.2) is 0 Å². The summed E-state index contributed by atoms with van der Waals surface area (Å²) >= 11 is 0. The zero-order valence-corrected chi connectivity index (χ0v) is 10.3. The summed E-state index contributed by atoms with van der Waals surface area (Å²) < 4.78 is 5.76. The van der Waals surface area contributed by atoms with Gasteiger partial charge in [-0.1, -0.05) is 20.8 Å². The number of ether oxygens (including phenoxy) is 1. The van der Waals surface area contributed by atoms with Gasteiger partial charge in [-0.15, -0.1) is 0 Å². The van der Waals surface area contributed by atoms with E-state index in [1.807, 2.05) is 14.2 Å². The number of hydrogen-bond acceptors (Lipinski definition) is 2. The molecule has 14 heavy (non-hydrogen) atoms. The van der Waals surface area contributed by atoms with Crippen molar-refractivity contribution in [2.45, 2.75) is 45.6 Å². The summed E-state index contributed by atoms with van der Waals surface area (Å²) in [5, 5.41) is 3.26. The number of rotatable bonds is 3. The molecule has 1 aliphatic carbocycles. The average Bonchev–Trinajstić information content (AvgIpc) is 2.00. The smallest absolute Gasteiger partial charge is 0.0810 e. The number of nitrogens with one attached hydrogen (secondary N) is 1. The lowest BCUT2D eigenvalue weighted by Crippen LogP contribution is -2.49. The first kappa shape index (κ1) is 12.0. The van der Waals surface area contributed by atoms with E-state index >= 15 is 0 Å². The summed E-state index contributed by atoms with van der Waals surface area (Å²) in [5.41, 5.74) is 0.487. The Balaban J connectivity index is 2.75. The maximum absolute atomic E-state index is 5.76. The molecule has 2 unspecified atom stereocenters.